The van der Waals surface area contributed by atoms with Crippen molar-refractivity contribution in [2.75, 3.05) is 19.6 Å². The van der Waals surface area contributed by atoms with Crippen LogP contribution >= 0.6 is 0 Å². The van der Waals surface area contributed by atoms with E-state index in [0.29, 0.717) is 24.8 Å². The van der Waals surface area contributed by atoms with Gasteiger partial charge in [-0.05, 0) is 31.0 Å². The molecule has 16 heavy (non-hydrogen) atoms. The van der Waals surface area contributed by atoms with Gasteiger partial charge in [0.2, 0.25) is 0 Å². The quantitative estimate of drug-likeness (QED) is 0.800. The maximum Gasteiger partial charge on any atom is 0.289 e. The van der Waals surface area contributed by atoms with E-state index in [4.69, 9.17) is 10.2 Å². The van der Waals surface area contributed by atoms with Gasteiger partial charge in [0.25, 0.3) is 5.91 Å². The average Bonchev–Trinajstić information content (AvgIpc) is 2.76. The standard InChI is InChI=1S/C12H20N2O2/c1-10(2)9-14(7-4-6-13)12(15)11-5-3-8-16-11/h3,5,8,10H,4,6-7,9,13H2,1-2H3. The summed E-state index contributed by atoms with van der Waals surface area (Å²) in [5, 5.41) is 0. The molecule has 0 bridgehead atoms. The molecule has 1 aromatic heterocycles. The average molecular weight is 224 g/mol. The number of carbonyl (C=O) groups excluding carboxylic acids is 1. The van der Waals surface area contributed by atoms with Crippen molar-refractivity contribution in [1.82, 2.24) is 4.90 Å². The molecule has 1 rings (SSSR count). The van der Waals surface area contributed by atoms with E-state index >= 15 is 0 Å². The van der Waals surface area contributed by atoms with Crippen LogP contribution in [0.1, 0.15) is 30.8 Å². The van der Waals surface area contributed by atoms with E-state index in [1.807, 2.05) is 0 Å². The zero-order chi connectivity index (χ0) is 12.0. The fraction of sp³-hybridized carbons (Fsp3) is 0.583. The Morgan fingerprint density at radius 3 is 2.81 bits per heavy atom. The van der Waals surface area contributed by atoms with Crippen LogP contribution in [0.3, 0.4) is 0 Å². The minimum absolute atomic E-state index is 0.0489. The lowest BCUT2D eigenvalue weighted by Crippen LogP contribution is -2.35. The van der Waals surface area contributed by atoms with Gasteiger partial charge in [-0.15, -0.1) is 0 Å². The molecule has 1 heterocycles. The SMILES string of the molecule is CC(C)CN(CCCN)C(=O)c1ccco1. The molecular formula is C12H20N2O2. The normalized spacial score (nSPS) is 10.8. The fourth-order valence-electron chi connectivity index (χ4n) is 1.55. The van der Waals surface area contributed by atoms with Gasteiger partial charge in [-0.2, -0.15) is 0 Å². The Kier molecular flexibility index (Phi) is 5.05. The second kappa shape index (κ2) is 6.33. The van der Waals surface area contributed by atoms with Gasteiger partial charge in [-0.1, -0.05) is 13.8 Å². The molecule has 90 valence electrons. The molecule has 0 saturated carbocycles. The molecule has 0 aliphatic heterocycles. The summed E-state index contributed by atoms with van der Waals surface area (Å²) in [6.07, 6.45) is 2.34. The Balaban J connectivity index is 2.64. The van der Waals surface area contributed by atoms with Crippen LogP contribution in [0.2, 0.25) is 0 Å². The minimum atomic E-state index is -0.0489. The second-order valence-corrected chi connectivity index (χ2v) is 4.26. The smallest absolute Gasteiger partial charge is 0.289 e. The van der Waals surface area contributed by atoms with Crippen LogP contribution in [-0.2, 0) is 0 Å². The van der Waals surface area contributed by atoms with Gasteiger partial charge in [0.1, 0.15) is 0 Å². The number of hydrogen-bond donors (Lipinski definition) is 1. The van der Waals surface area contributed by atoms with Gasteiger partial charge < -0.3 is 15.1 Å². The van der Waals surface area contributed by atoms with Crippen molar-refractivity contribution in [3.63, 3.8) is 0 Å². The highest BCUT2D eigenvalue weighted by Gasteiger charge is 2.18. The Morgan fingerprint density at radius 1 is 1.56 bits per heavy atom. The molecule has 0 radical (unpaired) electrons. The Bertz CT molecular complexity index is 307. The summed E-state index contributed by atoms with van der Waals surface area (Å²) in [5.74, 6) is 0.793. The maximum absolute atomic E-state index is 12.0. The monoisotopic (exact) mass is 224 g/mol. The summed E-state index contributed by atoms with van der Waals surface area (Å²) in [4.78, 5) is 13.8. The largest absolute Gasteiger partial charge is 0.459 e. The van der Waals surface area contributed by atoms with Crippen molar-refractivity contribution < 1.29 is 9.21 Å². The predicted octanol–water partition coefficient (Wildman–Crippen LogP) is 1.73. The van der Waals surface area contributed by atoms with Crippen molar-refractivity contribution in [1.29, 1.82) is 0 Å². The van der Waals surface area contributed by atoms with Crippen molar-refractivity contribution in [2.24, 2.45) is 11.7 Å². The molecule has 0 spiro atoms. The van der Waals surface area contributed by atoms with E-state index in [1.54, 1.807) is 17.0 Å². The molecule has 4 nitrogen and oxygen atoms in total. The maximum atomic E-state index is 12.0. The molecule has 0 aliphatic carbocycles. The first kappa shape index (κ1) is 12.8. The number of nitrogens with two attached hydrogens (primary N) is 1. The number of carbonyl (C=O) groups is 1. The van der Waals surface area contributed by atoms with Crippen molar-refractivity contribution in [2.45, 2.75) is 20.3 Å². The predicted molar refractivity (Wildman–Crippen MR) is 63.1 cm³/mol. The van der Waals surface area contributed by atoms with Crippen LogP contribution < -0.4 is 5.73 Å². The summed E-state index contributed by atoms with van der Waals surface area (Å²) in [7, 11) is 0. The highest BCUT2D eigenvalue weighted by Crippen LogP contribution is 2.08. The van der Waals surface area contributed by atoms with Crippen molar-refractivity contribution in [3.05, 3.63) is 24.2 Å². The first-order valence-corrected chi connectivity index (χ1v) is 5.68. The van der Waals surface area contributed by atoms with E-state index in [1.165, 1.54) is 6.26 Å². The third-order valence-corrected chi connectivity index (χ3v) is 2.24. The summed E-state index contributed by atoms with van der Waals surface area (Å²) in [5.41, 5.74) is 5.47. The molecule has 0 fully saturated rings. The van der Waals surface area contributed by atoms with Crippen molar-refractivity contribution in [3.8, 4) is 0 Å². The number of hydrogen-bond acceptors (Lipinski definition) is 3. The topological polar surface area (TPSA) is 59.5 Å². The van der Waals surface area contributed by atoms with Crippen LogP contribution in [0, 0.1) is 5.92 Å². The molecule has 4 heteroatoms. The minimum Gasteiger partial charge on any atom is -0.459 e. The van der Waals surface area contributed by atoms with Crippen LogP contribution in [0.25, 0.3) is 0 Å². The molecule has 1 aromatic rings. The Hall–Kier alpha value is -1.29. The van der Waals surface area contributed by atoms with Gasteiger partial charge in [-0.3, -0.25) is 4.79 Å². The van der Waals surface area contributed by atoms with Crippen molar-refractivity contribution >= 4 is 5.91 Å². The van der Waals surface area contributed by atoms with Gasteiger partial charge in [0.05, 0.1) is 6.26 Å². The number of amides is 1. The van der Waals surface area contributed by atoms with Crippen LogP contribution in [0.4, 0.5) is 0 Å². The third-order valence-electron chi connectivity index (χ3n) is 2.24. The van der Waals surface area contributed by atoms with Gasteiger partial charge in [0, 0.05) is 13.1 Å². The number of rotatable bonds is 6. The fourth-order valence-corrected chi connectivity index (χ4v) is 1.55. The Morgan fingerprint density at radius 2 is 2.31 bits per heavy atom. The number of furan rings is 1. The van der Waals surface area contributed by atoms with Gasteiger partial charge in [0.15, 0.2) is 5.76 Å². The van der Waals surface area contributed by atoms with E-state index in [9.17, 15) is 4.79 Å². The molecule has 0 unspecified atom stereocenters. The second-order valence-electron chi connectivity index (χ2n) is 4.26. The summed E-state index contributed by atoms with van der Waals surface area (Å²) in [6, 6.07) is 3.42. The Labute approximate surface area is 96.4 Å². The van der Waals surface area contributed by atoms with E-state index in [2.05, 4.69) is 13.8 Å². The molecular weight excluding hydrogens is 204 g/mol. The lowest BCUT2D eigenvalue weighted by molar-refractivity contribution is 0.0703. The zero-order valence-electron chi connectivity index (χ0n) is 9.98. The van der Waals surface area contributed by atoms with E-state index in [0.717, 1.165) is 13.0 Å². The summed E-state index contributed by atoms with van der Waals surface area (Å²) >= 11 is 0. The third kappa shape index (κ3) is 3.70. The summed E-state index contributed by atoms with van der Waals surface area (Å²) in [6.45, 7) is 6.20. The number of nitrogens with zero attached hydrogens (tertiary/aromatic N) is 1. The molecule has 0 aliphatic rings. The van der Waals surface area contributed by atoms with E-state index < -0.39 is 0 Å². The molecule has 0 aromatic carbocycles. The highest BCUT2D eigenvalue weighted by molar-refractivity contribution is 5.91. The molecule has 0 atom stereocenters. The first-order chi connectivity index (χ1) is 7.65. The van der Waals surface area contributed by atoms with Gasteiger partial charge >= 0.3 is 0 Å². The van der Waals surface area contributed by atoms with Crippen LogP contribution in [0.5, 0.6) is 0 Å². The van der Waals surface area contributed by atoms with Gasteiger partial charge in [-0.25, -0.2) is 0 Å². The first-order valence-electron chi connectivity index (χ1n) is 5.68. The highest BCUT2D eigenvalue weighted by atomic mass is 16.3. The lowest BCUT2D eigenvalue weighted by atomic mass is 10.2. The lowest BCUT2D eigenvalue weighted by Gasteiger charge is -2.23. The molecule has 2 N–H and O–H groups in total. The molecule has 1 amide bonds. The zero-order valence-corrected chi connectivity index (χ0v) is 9.98. The van der Waals surface area contributed by atoms with E-state index in [-0.39, 0.29) is 5.91 Å². The van der Waals surface area contributed by atoms with Crippen LogP contribution in [-0.4, -0.2) is 30.4 Å². The summed E-state index contributed by atoms with van der Waals surface area (Å²) < 4.78 is 5.12. The molecule has 0 saturated heterocycles. The van der Waals surface area contributed by atoms with Crippen LogP contribution in [0.15, 0.2) is 22.8 Å².